The van der Waals surface area contributed by atoms with E-state index in [-0.39, 0.29) is 0 Å². The van der Waals surface area contributed by atoms with E-state index in [9.17, 15) is 0 Å². The van der Waals surface area contributed by atoms with E-state index in [2.05, 4.69) is 17.1 Å². The van der Waals surface area contributed by atoms with E-state index in [1.807, 2.05) is 66.9 Å². The fourth-order valence-electron chi connectivity index (χ4n) is 1.40. The van der Waals surface area contributed by atoms with Crippen molar-refractivity contribution in [1.82, 2.24) is 4.98 Å². The van der Waals surface area contributed by atoms with Crippen LogP contribution in [0, 0.1) is 0 Å². The monoisotopic (exact) mass is 207 g/mol. The van der Waals surface area contributed by atoms with Crippen molar-refractivity contribution < 1.29 is 0 Å². The van der Waals surface area contributed by atoms with Crippen LogP contribution in [0.15, 0.2) is 66.9 Å². The summed E-state index contributed by atoms with van der Waals surface area (Å²) >= 11 is 0. The van der Waals surface area contributed by atoms with Crippen LogP contribution in [0.1, 0.15) is 11.3 Å². The smallest absolute Gasteiger partial charge is 0.0701 e. The molecule has 1 heterocycles. The number of aromatic nitrogens is 1. The first-order valence-electron chi connectivity index (χ1n) is 5.26. The molecule has 0 unspecified atom stereocenters. The Morgan fingerprint density at radius 3 is 2.06 bits per heavy atom. The van der Waals surface area contributed by atoms with Gasteiger partial charge in [-0.2, -0.15) is 0 Å². The molecular formula is C15H13N. The van der Waals surface area contributed by atoms with E-state index in [1.54, 1.807) is 0 Å². The van der Waals surface area contributed by atoms with Gasteiger partial charge in [0.1, 0.15) is 0 Å². The SMILES string of the molecule is C1=C\C=C/C=C/c2ncccc2/C=C\C=C/1. The third-order valence-electron chi connectivity index (χ3n) is 2.18. The molecule has 0 saturated heterocycles. The number of pyridine rings is 1. The van der Waals surface area contributed by atoms with Crippen LogP contribution in [-0.4, -0.2) is 4.98 Å². The lowest BCUT2D eigenvalue weighted by Gasteiger charge is -1.97. The summed E-state index contributed by atoms with van der Waals surface area (Å²) < 4.78 is 0. The molecule has 1 aliphatic carbocycles. The zero-order chi connectivity index (χ0) is 11.1. The van der Waals surface area contributed by atoms with Gasteiger partial charge in [-0.3, -0.25) is 4.98 Å². The van der Waals surface area contributed by atoms with Crippen molar-refractivity contribution in [2.24, 2.45) is 0 Å². The van der Waals surface area contributed by atoms with Crippen molar-refractivity contribution in [1.29, 1.82) is 0 Å². The van der Waals surface area contributed by atoms with Gasteiger partial charge in [-0.25, -0.2) is 0 Å². The van der Waals surface area contributed by atoms with Gasteiger partial charge in [-0.15, -0.1) is 0 Å². The van der Waals surface area contributed by atoms with Crippen LogP contribution in [-0.2, 0) is 0 Å². The Bertz CT molecular complexity index is 443. The quantitative estimate of drug-likeness (QED) is 0.630. The van der Waals surface area contributed by atoms with Gasteiger partial charge in [0.15, 0.2) is 0 Å². The van der Waals surface area contributed by atoms with Crippen LogP contribution in [0.25, 0.3) is 12.2 Å². The summed E-state index contributed by atoms with van der Waals surface area (Å²) in [6.07, 6.45) is 21.9. The molecule has 1 aromatic heterocycles. The zero-order valence-electron chi connectivity index (χ0n) is 8.95. The number of nitrogens with zero attached hydrogens (tertiary/aromatic N) is 1. The Hall–Kier alpha value is -2.15. The minimum Gasteiger partial charge on any atom is -0.256 e. The molecule has 0 aromatic carbocycles. The van der Waals surface area contributed by atoms with Crippen molar-refractivity contribution in [2.45, 2.75) is 0 Å². The lowest BCUT2D eigenvalue weighted by Crippen LogP contribution is -1.84. The first-order valence-corrected chi connectivity index (χ1v) is 5.26. The molecule has 0 atom stereocenters. The van der Waals surface area contributed by atoms with E-state index < -0.39 is 0 Å². The fourth-order valence-corrected chi connectivity index (χ4v) is 1.40. The van der Waals surface area contributed by atoms with Crippen LogP contribution >= 0.6 is 0 Å². The molecule has 0 saturated carbocycles. The summed E-state index contributed by atoms with van der Waals surface area (Å²) in [5.41, 5.74) is 2.11. The normalized spacial score (nSPS) is 24.2. The highest BCUT2D eigenvalue weighted by Crippen LogP contribution is 2.10. The van der Waals surface area contributed by atoms with Gasteiger partial charge < -0.3 is 0 Å². The number of hydrogen-bond acceptors (Lipinski definition) is 1. The lowest BCUT2D eigenvalue weighted by molar-refractivity contribution is 1.28. The third kappa shape index (κ3) is 2.92. The van der Waals surface area contributed by atoms with Crippen molar-refractivity contribution in [3.05, 3.63) is 78.2 Å². The van der Waals surface area contributed by atoms with Crippen LogP contribution in [0.2, 0.25) is 0 Å². The minimum absolute atomic E-state index is 0.987. The predicted octanol–water partition coefficient (Wildman–Crippen LogP) is 3.79. The van der Waals surface area contributed by atoms with E-state index in [0.29, 0.717) is 0 Å². The van der Waals surface area contributed by atoms with Gasteiger partial charge in [0, 0.05) is 11.8 Å². The molecule has 1 aromatic rings. The molecule has 0 bridgehead atoms. The Morgan fingerprint density at radius 2 is 1.31 bits per heavy atom. The number of hydrogen-bond donors (Lipinski definition) is 0. The number of fused-ring (bicyclic) bond motifs is 1. The average Bonchev–Trinajstić information content (AvgIpc) is 2.30. The second-order valence-corrected chi connectivity index (χ2v) is 3.35. The minimum atomic E-state index is 0.987. The average molecular weight is 207 g/mol. The summed E-state index contributed by atoms with van der Waals surface area (Å²) in [7, 11) is 0. The Kier molecular flexibility index (Phi) is 3.67. The molecule has 16 heavy (non-hydrogen) atoms. The first-order chi connectivity index (χ1) is 7.97. The number of rotatable bonds is 0. The summed E-state index contributed by atoms with van der Waals surface area (Å²) in [6, 6.07) is 4.00. The van der Waals surface area contributed by atoms with Gasteiger partial charge in [0.25, 0.3) is 0 Å². The fraction of sp³-hybridized carbons (Fsp3) is 0. The first kappa shape index (κ1) is 10.4. The van der Waals surface area contributed by atoms with Crippen molar-refractivity contribution in [2.75, 3.05) is 0 Å². The van der Waals surface area contributed by atoms with E-state index in [0.717, 1.165) is 11.3 Å². The second kappa shape index (κ2) is 5.66. The lowest BCUT2D eigenvalue weighted by atomic mass is 10.1. The number of allylic oxidation sites excluding steroid dienone is 8. The molecule has 0 spiro atoms. The maximum atomic E-state index is 4.33. The van der Waals surface area contributed by atoms with Crippen molar-refractivity contribution >= 4 is 12.2 Å². The molecule has 0 radical (unpaired) electrons. The van der Waals surface area contributed by atoms with Gasteiger partial charge in [0.05, 0.1) is 5.69 Å². The maximum absolute atomic E-state index is 4.33. The molecule has 0 fully saturated rings. The standard InChI is InChI=1S/C15H13N/c1-2-4-6-8-12-15-14(10-7-5-3-1)11-9-13-16-15/h1-13H/b2-1-,3-1?,4-2?,5-3-,6-4-,7-5?,8-6?,10-7-,12-8+,14-10?,15-12?. The molecule has 1 heteroatoms. The molecule has 0 aliphatic heterocycles. The van der Waals surface area contributed by atoms with E-state index >= 15 is 0 Å². The molecule has 2 rings (SSSR count). The van der Waals surface area contributed by atoms with Crippen LogP contribution < -0.4 is 0 Å². The summed E-state index contributed by atoms with van der Waals surface area (Å²) in [6.45, 7) is 0. The van der Waals surface area contributed by atoms with Gasteiger partial charge >= 0.3 is 0 Å². The van der Waals surface area contributed by atoms with Crippen LogP contribution in [0.3, 0.4) is 0 Å². The van der Waals surface area contributed by atoms with Crippen LogP contribution in [0.4, 0.5) is 0 Å². The van der Waals surface area contributed by atoms with Gasteiger partial charge in [0.2, 0.25) is 0 Å². The van der Waals surface area contributed by atoms with Crippen molar-refractivity contribution in [3.63, 3.8) is 0 Å². The molecule has 0 amide bonds. The van der Waals surface area contributed by atoms with Crippen LogP contribution in [0.5, 0.6) is 0 Å². The predicted molar refractivity (Wildman–Crippen MR) is 69.7 cm³/mol. The topological polar surface area (TPSA) is 12.9 Å². The Labute approximate surface area is 95.8 Å². The largest absolute Gasteiger partial charge is 0.256 e. The molecular weight excluding hydrogens is 194 g/mol. The summed E-state index contributed by atoms with van der Waals surface area (Å²) in [4.78, 5) is 4.33. The van der Waals surface area contributed by atoms with Crippen molar-refractivity contribution in [3.8, 4) is 0 Å². The highest BCUT2D eigenvalue weighted by Gasteiger charge is 1.93. The van der Waals surface area contributed by atoms with Gasteiger partial charge in [-0.05, 0) is 12.1 Å². The molecule has 1 nitrogen and oxygen atoms in total. The zero-order valence-corrected chi connectivity index (χ0v) is 8.95. The highest BCUT2D eigenvalue weighted by molar-refractivity contribution is 5.63. The Balaban J connectivity index is 2.39. The molecule has 78 valence electrons. The van der Waals surface area contributed by atoms with E-state index in [4.69, 9.17) is 0 Å². The molecule has 0 N–H and O–H groups in total. The summed E-state index contributed by atoms with van der Waals surface area (Å²) in [5, 5.41) is 0. The highest BCUT2D eigenvalue weighted by atomic mass is 14.7. The Morgan fingerprint density at radius 1 is 0.688 bits per heavy atom. The maximum Gasteiger partial charge on any atom is 0.0701 e. The second-order valence-electron chi connectivity index (χ2n) is 3.35. The van der Waals surface area contributed by atoms with E-state index in [1.165, 1.54) is 0 Å². The van der Waals surface area contributed by atoms with Gasteiger partial charge in [-0.1, -0.05) is 60.8 Å². The third-order valence-corrected chi connectivity index (χ3v) is 2.18. The summed E-state index contributed by atoms with van der Waals surface area (Å²) in [5.74, 6) is 0. The molecule has 1 aliphatic rings.